The topological polar surface area (TPSA) is 0 Å². The molecular formula is C32H31HfSi. The van der Waals surface area contributed by atoms with Crippen LogP contribution in [0.1, 0.15) is 47.6 Å². The van der Waals surface area contributed by atoms with Crippen LogP contribution in [0.3, 0.4) is 0 Å². The van der Waals surface area contributed by atoms with Crippen molar-refractivity contribution in [2.24, 2.45) is 0 Å². The van der Waals surface area contributed by atoms with Gasteiger partial charge < -0.3 is 0 Å². The Morgan fingerprint density at radius 3 is 2.24 bits per heavy atom. The summed E-state index contributed by atoms with van der Waals surface area (Å²) in [6.45, 7) is 10.2. The molecule has 4 aromatic rings. The summed E-state index contributed by atoms with van der Waals surface area (Å²) in [7, 11) is 0. The van der Waals surface area contributed by atoms with Gasteiger partial charge in [0.1, 0.15) is 0 Å². The van der Waals surface area contributed by atoms with Gasteiger partial charge in [-0.3, -0.25) is 0 Å². The average Bonchev–Trinajstić information content (AvgIpc) is 3.37. The van der Waals surface area contributed by atoms with Gasteiger partial charge in [-0.05, 0) is 0 Å². The molecule has 0 radical (unpaired) electrons. The molecule has 2 heteroatoms. The summed E-state index contributed by atoms with van der Waals surface area (Å²) in [6, 6.07) is 34.3. The third-order valence-electron chi connectivity index (χ3n) is 7.89. The summed E-state index contributed by atoms with van der Waals surface area (Å²) < 4.78 is 3.71. The molecule has 0 bridgehead atoms. The first-order valence-electron chi connectivity index (χ1n) is 12.5. The van der Waals surface area contributed by atoms with Gasteiger partial charge in [0, 0.05) is 0 Å². The Morgan fingerprint density at radius 2 is 1.47 bits per heavy atom. The zero-order valence-electron chi connectivity index (χ0n) is 20.5. The Bertz CT molecular complexity index is 1480. The number of allylic oxidation sites excluding steroid dienone is 3. The third-order valence-corrected chi connectivity index (χ3v) is 35.4. The monoisotopic (exact) mass is 623 g/mol. The standard InChI is InChI=1S/C19H13.C11H11.C2H7Si.Hf/c1-2-6-14(7-3-1)17-12-16-11-10-15-8-4-5-9-18(15)19(16)13-17;1-8-7-9(2)11-6-4-3-5-10(8)11;1-3-2;/h1-11H,13H2;3-6,8H,1-2H3;3H,1-2H3;. The molecule has 0 heterocycles. The first-order valence-corrected chi connectivity index (χ1v) is 25.2. The fourth-order valence-electron chi connectivity index (χ4n) is 6.39. The fourth-order valence-corrected chi connectivity index (χ4v) is 36.1. The summed E-state index contributed by atoms with van der Waals surface area (Å²) >= 11 is -2.37. The molecule has 0 N–H and O–H groups in total. The van der Waals surface area contributed by atoms with Gasteiger partial charge in [0.15, 0.2) is 0 Å². The molecule has 2 aliphatic rings. The summed E-state index contributed by atoms with van der Waals surface area (Å²) in [4.78, 5) is 0. The van der Waals surface area contributed by atoms with Crippen LogP contribution in [0.15, 0.2) is 94.3 Å². The normalized spacial score (nSPS) is 17.0. The van der Waals surface area contributed by atoms with Crippen molar-refractivity contribution in [3.05, 3.63) is 122 Å². The molecular weight excluding hydrogens is 591 g/mol. The molecule has 0 fully saturated rings. The summed E-state index contributed by atoms with van der Waals surface area (Å²) in [6.07, 6.45) is 1.08. The second-order valence-corrected chi connectivity index (χ2v) is 36.3. The summed E-state index contributed by atoms with van der Waals surface area (Å²) in [5.74, 6) is -0.314. The van der Waals surface area contributed by atoms with Crippen LogP contribution in [0.25, 0.3) is 25.2 Å². The van der Waals surface area contributed by atoms with E-state index in [1.807, 2.05) is 6.66 Å². The van der Waals surface area contributed by atoms with Crippen molar-refractivity contribution in [2.75, 3.05) is 0 Å². The van der Waals surface area contributed by atoms with Crippen LogP contribution in [0.2, 0.25) is 13.1 Å². The van der Waals surface area contributed by atoms with Crippen LogP contribution in [0, 0.1) is 0 Å². The zero-order chi connectivity index (χ0) is 23.4. The Balaban J connectivity index is 1.62. The van der Waals surface area contributed by atoms with Crippen LogP contribution < -0.4 is 0 Å². The predicted octanol–water partition coefficient (Wildman–Crippen LogP) is 8.41. The van der Waals surface area contributed by atoms with Gasteiger partial charge in [0.25, 0.3) is 0 Å². The molecule has 0 aliphatic heterocycles. The first kappa shape index (κ1) is 22.2. The van der Waals surface area contributed by atoms with E-state index >= 15 is 0 Å². The van der Waals surface area contributed by atoms with Crippen molar-refractivity contribution in [3.8, 4) is 0 Å². The Kier molecular flexibility index (Phi) is 5.70. The zero-order valence-corrected chi connectivity index (χ0v) is 25.3. The SMILES string of the molecule is CC1=[C]([Hf]([C]2=C(c3ccccc3)Cc3c2ccc2ccccc32)[SiH](C)C)C(C)c2ccccc21. The minimum atomic E-state index is -2.37. The quantitative estimate of drug-likeness (QED) is 0.201. The molecule has 0 saturated heterocycles. The van der Waals surface area contributed by atoms with E-state index in [2.05, 4.69) is 118 Å². The van der Waals surface area contributed by atoms with Crippen LogP contribution in [0.4, 0.5) is 0 Å². The number of benzene rings is 4. The maximum atomic E-state index is 2.65. The summed E-state index contributed by atoms with van der Waals surface area (Å²) in [5.41, 5.74) is 10.9. The number of hydrogen-bond donors (Lipinski definition) is 0. The molecule has 6 rings (SSSR count). The van der Waals surface area contributed by atoms with Crippen LogP contribution in [-0.4, -0.2) is 5.98 Å². The van der Waals surface area contributed by atoms with Crippen molar-refractivity contribution < 1.29 is 20.6 Å². The molecule has 4 aromatic carbocycles. The van der Waals surface area contributed by atoms with E-state index in [1.54, 1.807) is 27.8 Å². The first-order chi connectivity index (χ1) is 16.6. The fraction of sp³-hybridized carbons (Fsp3) is 0.188. The molecule has 0 aromatic heterocycles. The Labute approximate surface area is 212 Å². The van der Waals surface area contributed by atoms with Crippen molar-refractivity contribution in [3.63, 3.8) is 0 Å². The van der Waals surface area contributed by atoms with E-state index in [4.69, 9.17) is 0 Å². The van der Waals surface area contributed by atoms with E-state index in [-0.39, 0.29) is 0 Å². The van der Waals surface area contributed by atoms with E-state index in [1.165, 1.54) is 21.9 Å². The van der Waals surface area contributed by atoms with Gasteiger partial charge in [-0.15, -0.1) is 0 Å². The van der Waals surface area contributed by atoms with Crippen LogP contribution in [0.5, 0.6) is 0 Å². The molecule has 0 nitrogen and oxygen atoms in total. The van der Waals surface area contributed by atoms with E-state index < -0.39 is 26.6 Å². The van der Waals surface area contributed by atoms with Crippen LogP contribution >= 0.6 is 0 Å². The van der Waals surface area contributed by atoms with E-state index in [0.29, 0.717) is 5.92 Å². The number of hydrogen-bond acceptors (Lipinski definition) is 0. The molecule has 2 aliphatic carbocycles. The molecule has 34 heavy (non-hydrogen) atoms. The molecule has 0 spiro atoms. The second-order valence-electron chi connectivity index (χ2n) is 10.1. The average molecular weight is 622 g/mol. The van der Waals surface area contributed by atoms with Gasteiger partial charge in [0.05, 0.1) is 0 Å². The minimum absolute atomic E-state index is 0.572. The predicted molar refractivity (Wildman–Crippen MR) is 147 cm³/mol. The second kappa shape index (κ2) is 8.73. The van der Waals surface area contributed by atoms with Crippen molar-refractivity contribution in [1.29, 1.82) is 0 Å². The van der Waals surface area contributed by atoms with Crippen molar-refractivity contribution in [1.82, 2.24) is 0 Å². The number of rotatable bonds is 4. The van der Waals surface area contributed by atoms with Gasteiger partial charge in [0.2, 0.25) is 0 Å². The molecule has 0 amide bonds. The molecule has 0 saturated carbocycles. The molecule has 1 atom stereocenters. The van der Waals surface area contributed by atoms with Crippen molar-refractivity contribution in [2.45, 2.75) is 39.3 Å². The van der Waals surface area contributed by atoms with Gasteiger partial charge in [-0.1, -0.05) is 0 Å². The summed E-state index contributed by atoms with van der Waals surface area (Å²) in [5, 5.41) is 2.83. The van der Waals surface area contributed by atoms with Crippen LogP contribution in [-0.2, 0) is 27.0 Å². The maximum absolute atomic E-state index is 2.65. The Hall–Kier alpha value is -2.29. The van der Waals surface area contributed by atoms with Gasteiger partial charge in [-0.2, -0.15) is 0 Å². The molecule has 1 unspecified atom stereocenters. The van der Waals surface area contributed by atoms with E-state index in [0.717, 1.165) is 6.42 Å². The molecule has 167 valence electrons. The number of fused-ring (bicyclic) bond motifs is 4. The van der Waals surface area contributed by atoms with Crippen molar-refractivity contribution >= 4 is 31.2 Å². The Morgan fingerprint density at radius 1 is 0.765 bits per heavy atom. The van der Waals surface area contributed by atoms with Gasteiger partial charge in [-0.25, -0.2) is 0 Å². The van der Waals surface area contributed by atoms with Gasteiger partial charge >= 0.3 is 213 Å². The third kappa shape index (κ3) is 3.41. The van der Waals surface area contributed by atoms with E-state index in [9.17, 15) is 0 Å².